The lowest BCUT2D eigenvalue weighted by Crippen LogP contribution is -2.44. The molecule has 1 fully saturated rings. The molecule has 1 aromatic carbocycles. The molecule has 0 spiro atoms. The maximum absolute atomic E-state index is 13.3. The highest BCUT2D eigenvalue weighted by atomic mass is 19.1. The lowest BCUT2D eigenvalue weighted by atomic mass is 10.2. The van der Waals surface area contributed by atoms with Crippen molar-refractivity contribution in [3.63, 3.8) is 0 Å². The van der Waals surface area contributed by atoms with Crippen LogP contribution in [0.2, 0.25) is 0 Å². The molecule has 0 bridgehead atoms. The van der Waals surface area contributed by atoms with Crippen molar-refractivity contribution in [2.75, 3.05) is 0 Å². The van der Waals surface area contributed by atoms with Crippen molar-refractivity contribution in [2.45, 2.75) is 65.2 Å². The fourth-order valence-electron chi connectivity index (χ4n) is 4.34. The molecule has 0 unspecified atom stereocenters. The van der Waals surface area contributed by atoms with Gasteiger partial charge in [-0.05, 0) is 44.4 Å². The van der Waals surface area contributed by atoms with Gasteiger partial charge >= 0.3 is 5.69 Å². The van der Waals surface area contributed by atoms with Crippen LogP contribution in [0.3, 0.4) is 0 Å². The molecular formula is C22H26FN5O3. The molecule has 1 amide bonds. The van der Waals surface area contributed by atoms with Gasteiger partial charge < -0.3 is 5.32 Å². The van der Waals surface area contributed by atoms with Crippen LogP contribution in [0.1, 0.15) is 43.9 Å². The van der Waals surface area contributed by atoms with Crippen LogP contribution in [0.25, 0.3) is 11.0 Å². The largest absolute Gasteiger partial charge is 0.352 e. The van der Waals surface area contributed by atoms with Crippen molar-refractivity contribution in [3.8, 4) is 0 Å². The van der Waals surface area contributed by atoms with E-state index in [2.05, 4.69) is 10.4 Å². The van der Waals surface area contributed by atoms with Crippen LogP contribution in [0.15, 0.2) is 33.9 Å². The van der Waals surface area contributed by atoms with Crippen LogP contribution < -0.4 is 16.6 Å². The second-order valence-electron chi connectivity index (χ2n) is 8.03. The first-order valence-corrected chi connectivity index (χ1v) is 10.6. The molecule has 8 nitrogen and oxygen atoms in total. The molecule has 164 valence electrons. The third kappa shape index (κ3) is 4.04. The zero-order chi connectivity index (χ0) is 22.1. The molecule has 0 radical (unpaired) electrons. The van der Waals surface area contributed by atoms with E-state index in [0.717, 1.165) is 30.3 Å². The number of aryl methyl sites for hydroxylation is 2. The number of carbonyl (C=O) groups excluding carboxylic acids is 1. The van der Waals surface area contributed by atoms with Crippen molar-refractivity contribution in [1.29, 1.82) is 0 Å². The number of carbonyl (C=O) groups is 1. The summed E-state index contributed by atoms with van der Waals surface area (Å²) in [4.78, 5) is 39.3. The number of fused-ring (bicyclic) bond motifs is 1. The Hall–Kier alpha value is -3.23. The summed E-state index contributed by atoms with van der Waals surface area (Å²) in [6.07, 6.45) is 4.04. The predicted molar refractivity (Wildman–Crippen MR) is 115 cm³/mol. The molecule has 0 saturated heterocycles. The van der Waals surface area contributed by atoms with E-state index in [9.17, 15) is 18.8 Å². The van der Waals surface area contributed by atoms with Gasteiger partial charge in [0.1, 0.15) is 17.9 Å². The summed E-state index contributed by atoms with van der Waals surface area (Å²) in [5, 5.41) is 7.40. The van der Waals surface area contributed by atoms with Gasteiger partial charge in [-0.25, -0.2) is 9.18 Å². The normalized spacial score (nSPS) is 14.4. The van der Waals surface area contributed by atoms with E-state index in [0.29, 0.717) is 23.3 Å². The van der Waals surface area contributed by atoms with E-state index in [1.807, 2.05) is 6.92 Å². The second-order valence-corrected chi connectivity index (χ2v) is 8.03. The molecule has 9 heteroatoms. The fourth-order valence-corrected chi connectivity index (χ4v) is 4.34. The summed E-state index contributed by atoms with van der Waals surface area (Å²) < 4.78 is 17.3. The van der Waals surface area contributed by atoms with E-state index < -0.39 is 17.1 Å². The van der Waals surface area contributed by atoms with Gasteiger partial charge in [-0.15, -0.1) is 0 Å². The second kappa shape index (κ2) is 8.49. The van der Waals surface area contributed by atoms with Crippen LogP contribution in [0, 0.1) is 12.7 Å². The summed E-state index contributed by atoms with van der Waals surface area (Å²) in [5.41, 5.74) is 0.750. The number of aromatic nitrogens is 4. The Morgan fingerprint density at radius 2 is 1.81 bits per heavy atom. The van der Waals surface area contributed by atoms with Crippen molar-refractivity contribution in [3.05, 3.63) is 62.2 Å². The van der Waals surface area contributed by atoms with Gasteiger partial charge in [-0.3, -0.25) is 23.4 Å². The topological polar surface area (TPSA) is 90.9 Å². The van der Waals surface area contributed by atoms with Crippen LogP contribution in [0.5, 0.6) is 0 Å². The molecule has 31 heavy (non-hydrogen) atoms. The standard InChI is InChI=1S/C22H26FN5O3/c1-3-28-20-19(14(2)25-28)26(13-18(29)24-17-6-4-5-7-17)22(31)27(21(20)30)12-15-8-10-16(23)11-9-15/h8-11,17H,3-7,12-13H2,1-2H3,(H,24,29). The molecule has 3 aromatic rings. The Morgan fingerprint density at radius 3 is 2.45 bits per heavy atom. The maximum atomic E-state index is 13.3. The Labute approximate surface area is 178 Å². The molecular weight excluding hydrogens is 401 g/mol. The summed E-state index contributed by atoms with van der Waals surface area (Å²) in [6.45, 7) is 3.82. The van der Waals surface area contributed by atoms with Gasteiger partial charge in [0.2, 0.25) is 5.91 Å². The van der Waals surface area contributed by atoms with Gasteiger partial charge in [0, 0.05) is 12.6 Å². The smallest absolute Gasteiger partial charge is 0.332 e. The van der Waals surface area contributed by atoms with E-state index in [4.69, 9.17) is 0 Å². The van der Waals surface area contributed by atoms with Gasteiger partial charge in [-0.1, -0.05) is 25.0 Å². The van der Waals surface area contributed by atoms with Crippen LogP contribution in [-0.2, 0) is 24.4 Å². The number of benzene rings is 1. The Bertz CT molecular complexity index is 1230. The maximum Gasteiger partial charge on any atom is 0.332 e. The monoisotopic (exact) mass is 427 g/mol. The molecule has 4 rings (SSSR count). The molecule has 0 aliphatic heterocycles. The first-order chi connectivity index (χ1) is 14.9. The number of halogens is 1. The van der Waals surface area contributed by atoms with E-state index >= 15 is 0 Å². The Kier molecular flexibility index (Phi) is 5.75. The van der Waals surface area contributed by atoms with Gasteiger partial charge in [-0.2, -0.15) is 5.10 Å². The highest BCUT2D eigenvalue weighted by molar-refractivity contribution is 5.81. The van der Waals surface area contributed by atoms with Crippen LogP contribution in [0.4, 0.5) is 4.39 Å². The summed E-state index contributed by atoms with van der Waals surface area (Å²) in [7, 11) is 0. The minimum atomic E-state index is -0.581. The predicted octanol–water partition coefficient (Wildman–Crippen LogP) is 1.93. The third-order valence-corrected chi connectivity index (χ3v) is 5.85. The minimum Gasteiger partial charge on any atom is -0.352 e. The van der Waals surface area contributed by atoms with Crippen molar-refractivity contribution in [1.82, 2.24) is 24.2 Å². The van der Waals surface area contributed by atoms with E-state index in [1.54, 1.807) is 11.6 Å². The molecule has 0 atom stereocenters. The lowest BCUT2D eigenvalue weighted by Gasteiger charge is -2.15. The summed E-state index contributed by atoms with van der Waals surface area (Å²) >= 11 is 0. The van der Waals surface area contributed by atoms with Crippen LogP contribution in [-0.4, -0.2) is 30.9 Å². The van der Waals surface area contributed by atoms with Gasteiger partial charge in [0.25, 0.3) is 5.56 Å². The number of amides is 1. The molecule has 2 aromatic heterocycles. The quantitative estimate of drug-likeness (QED) is 0.651. The highest BCUT2D eigenvalue weighted by Gasteiger charge is 2.23. The first-order valence-electron chi connectivity index (χ1n) is 10.6. The number of nitrogens with one attached hydrogen (secondary N) is 1. The van der Waals surface area contributed by atoms with Crippen molar-refractivity contribution >= 4 is 16.9 Å². The molecule has 1 aliphatic rings. The Morgan fingerprint density at radius 1 is 1.13 bits per heavy atom. The molecule has 1 aliphatic carbocycles. The number of hydrogen-bond donors (Lipinski definition) is 1. The van der Waals surface area contributed by atoms with Crippen LogP contribution >= 0.6 is 0 Å². The average molecular weight is 427 g/mol. The molecule has 1 saturated carbocycles. The highest BCUT2D eigenvalue weighted by Crippen LogP contribution is 2.18. The van der Waals surface area contributed by atoms with Gasteiger partial charge in [0.15, 0.2) is 5.52 Å². The van der Waals surface area contributed by atoms with Gasteiger partial charge in [0.05, 0.1) is 12.2 Å². The summed E-state index contributed by atoms with van der Waals surface area (Å²) in [6, 6.07) is 5.76. The van der Waals surface area contributed by atoms with E-state index in [-0.39, 0.29) is 30.6 Å². The number of hydrogen-bond acceptors (Lipinski definition) is 4. The minimum absolute atomic E-state index is 0.0218. The third-order valence-electron chi connectivity index (χ3n) is 5.85. The Balaban J connectivity index is 1.81. The zero-order valence-electron chi connectivity index (χ0n) is 17.7. The summed E-state index contributed by atoms with van der Waals surface area (Å²) in [5.74, 6) is -0.654. The average Bonchev–Trinajstić information content (AvgIpc) is 3.37. The molecule has 2 heterocycles. The molecule has 1 N–H and O–H groups in total. The first kappa shape index (κ1) is 21.0. The number of nitrogens with zero attached hydrogens (tertiary/aromatic N) is 4. The van der Waals surface area contributed by atoms with E-state index in [1.165, 1.54) is 28.8 Å². The van der Waals surface area contributed by atoms with Crippen molar-refractivity contribution < 1.29 is 9.18 Å². The lowest BCUT2D eigenvalue weighted by molar-refractivity contribution is -0.122. The number of rotatable bonds is 6. The van der Waals surface area contributed by atoms with Crippen molar-refractivity contribution in [2.24, 2.45) is 0 Å². The SMILES string of the molecule is CCn1nc(C)c2c1c(=O)n(Cc1ccc(F)cc1)c(=O)n2CC(=O)NC1CCCC1. The fraction of sp³-hybridized carbons (Fsp3) is 0.455. The zero-order valence-corrected chi connectivity index (χ0v) is 17.7.